The monoisotopic (exact) mass is 342 g/mol. The fourth-order valence-electron chi connectivity index (χ4n) is 1.60. The van der Waals surface area contributed by atoms with Gasteiger partial charge >= 0.3 is 5.97 Å². The van der Waals surface area contributed by atoms with Gasteiger partial charge in [-0.15, -0.1) is 11.8 Å². The third kappa shape index (κ3) is 4.62. The maximum Gasteiger partial charge on any atom is 0.351 e. The molecule has 0 radical (unpaired) electrons. The molecule has 0 saturated heterocycles. The number of halogens is 1. The Balaban J connectivity index is 1.89. The van der Waals surface area contributed by atoms with Crippen molar-refractivity contribution in [3.8, 4) is 0 Å². The van der Waals surface area contributed by atoms with Gasteiger partial charge in [-0.2, -0.15) is 0 Å². The Hall–Kier alpha value is -1.24. The summed E-state index contributed by atoms with van der Waals surface area (Å²) in [5.74, 6) is -0.461. The second kappa shape index (κ2) is 7.68. The van der Waals surface area contributed by atoms with Crippen LogP contribution in [0.3, 0.4) is 0 Å². The van der Waals surface area contributed by atoms with Gasteiger partial charge in [0, 0.05) is 16.7 Å². The molecule has 1 unspecified atom stereocenters. The highest BCUT2D eigenvalue weighted by molar-refractivity contribution is 8.00. The predicted molar refractivity (Wildman–Crippen MR) is 88.7 cm³/mol. The fraction of sp³-hybridized carbons (Fsp3) is 0.286. The maximum atomic E-state index is 11.5. The van der Waals surface area contributed by atoms with Crippen LogP contribution < -0.4 is 5.32 Å². The minimum absolute atomic E-state index is 0.178. The van der Waals surface area contributed by atoms with Crippen molar-refractivity contribution in [2.45, 2.75) is 17.1 Å². The Kier molecular flexibility index (Phi) is 5.90. The lowest BCUT2D eigenvalue weighted by atomic mass is 10.4. The van der Waals surface area contributed by atoms with E-state index in [1.54, 1.807) is 11.8 Å². The number of carbonyl (C=O) groups is 1. The predicted octanol–water partition coefficient (Wildman–Crippen LogP) is 4.18. The van der Waals surface area contributed by atoms with Gasteiger partial charge in [0.2, 0.25) is 0 Å². The van der Waals surface area contributed by atoms with Crippen LogP contribution in [0, 0.1) is 0 Å². The van der Waals surface area contributed by atoms with Crippen LogP contribution in [0.2, 0.25) is 5.15 Å². The summed E-state index contributed by atoms with van der Waals surface area (Å²) in [6, 6.07) is 10.2. The second-order valence-corrected chi connectivity index (χ2v) is 7.12. The van der Waals surface area contributed by atoms with E-state index in [0.29, 0.717) is 15.3 Å². The average molecular weight is 343 g/mol. The molecule has 0 amide bonds. The molecule has 1 heterocycles. The Morgan fingerprint density at radius 1 is 1.48 bits per heavy atom. The molecule has 0 aliphatic rings. The Labute approximate surface area is 136 Å². The first-order chi connectivity index (χ1) is 10.1. The lowest BCUT2D eigenvalue weighted by Crippen LogP contribution is -2.12. The molecule has 1 atom stereocenters. The van der Waals surface area contributed by atoms with Crippen molar-refractivity contribution in [1.29, 1.82) is 0 Å². The van der Waals surface area contributed by atoms with Gasteiger partial charge in [0.1, 0.15) is 0 Å². The number of esters is 1. The first kappa shape index (κ1) is 16.1. The van der Waals surface area contributed by atoms with Crippen LogP contribution in [-0.2, 0) is 4.74 Å². The summed E-state index contributed by atoms with van der Waals surface area (Å²) in [6.45, 7) is 2.85. The van der Waals surface area contributed by atoms with E-state index in [1.807, 2.05) is 18.2 Å². The van der Waals surface area contributed by atoms with Gasteiger partial charge in [-0.25, -0.2) is 9.78 Å². The Morgan fingerprint density at radius 2 is 2.19 bits per heavy atom. The average Bonchev–Trinajstić information content (AvgIpc) is 2.86. The lowest BCUT2D eigenvalue weighted by molar-refractivity contribution is 0.0606. The van der Waals surface area contributed by atoms with Crippen LogP contribution >= 0.6 is 34.7 Å². The van der Waals surface area contributed by atoms with Crippen molar-refractivity contribution in [3.63, 3.8) is 0 Å². The van der Waals surface area contributed by atoms with Crippen LogP contribution in [0.15, 0.2) is 35.2 Å². The quantitative estimate of drug-likeness (QED) is 0.630. The van der Waals surface area contributed by atoms with Crippen molar-refractivity contribution < 1.29 is 9.53 Å². The summed E-state index contributed by atoms with van der Waals surface area (Å²) >= 11 is 8.89. The van der Waals surface area contributed by atoms with Gasteiger partial charge in [-0.05, 0) is 12.1 Å². The summed E-state index contributed by atoms with van der Waals surface area (Å²) < 4.78 is 4.65. The molecule has 0 spiro atoms. The molecule has 2 aromatic rings. The highest BCUT2D eigenvalue weighted by atomic mass is 35.5. The molecule has 1 aromatic carbocycles. The van der Waals surface area contributed by atoms with Crippen LogP contribution in [0.25, 0.3) is 0 Å². The van der Waals surface area contributed by atoms with E-state index < -0.39 is 5.97 Å². The largest absolute Gasteiger partial charge is 0.465 e. The minimum Gasteiger partial charge on any atom is -0.465 e. The number of nitrogens with zero attached hydrogens (tertiary/aromatic N) is 1. The third-order valence-electron chi connectivity index (χ3n) is 2.58. The summed E-state index contributed by atoms with van der Waals surface area (Å²) in [6.07, 6.45) is 0. The highest BCUT2D eigenvalue weighted by Crippen LogP contribution is 2.28. The molecule has 21 heavy (non-hydrogen) atoms. The fourth-order valence-corrected chi connectivity index (χ4v) is 3.66. The molecular weight excluding hydrogens is 328 g/mol. The number of thioether (sulfide) groups is 1. The SMILES string of the molecule is COC(=O)c1sc(NCC(C)Sc2ccccc2)nc1Cl. The number of hydrogen-bond acceptors (Lipinski definition) is 6. The zero-order valence-corrected chi connectivity index (χ0v) is 14.0. The van der Waals surface area contributed by atoms with E-state index in [9.17, 15) is 4.79 Å². The minimum atomic E-state index is -0.461. The van der Waals surface area contributed by atoms with Crippen molar-refractivity contribution in [2.24, 2.45) is 0 Å². The molecule has 0 aliphatic carbocycles. The molecule has 0 aliphatic heterocycles. The zero-order valence-electron chi connectivity index (χ0n) is 11.6. The maximum absolute atomic E-state index is 11.5. The molecule has 4 nitrogen and oxygen atoms in total. The standard InChI is InChI=1S/C14H15ClN2O2S2/c1-9(20-10-6-4-3-5-7-10)8-16-14-17-12(15)11(21-14)13(18)19-2/h3-7,9H,8H2,1-2H3,(H,16,17). The lowest BCUT2D eigenvalue weighted by Gasteiger charge is -2.11. The number of rotatable bonds is 6. The first-order valence-corrected chi connectivity index (χ1v) is 8.37. The van der Waals surface area contributed by atoms with Crippen LogP contribution in [0.4, 0.5) is 5.13 Å². The van der Waals surface area contributed by atoms with Gasteiger partial charge in [-0.1, -0.05) is 48.1 Å². The van der Waals surface area contributed by atoms with Crippen LogP contribution in [0.5, 0.6) is 0 Å². The number of nitrogens with one attached hydrogen (secondary N) is 1. The molecule has 0 saturated carbocycles. The van der Waals surface area contributed by atoms with Gasteiger partial charge < -0.3 is 10.1 Å². The van der Waals surface area contributed by atoms with Gasteiger partial charge in [0.05, 0.1) is 7.11 Å². The highest BCUT2D eigenvalue weighted by Gasteiger charge is 2.17. The number of carbonyl (C=O) groups excluding carboxylic acids is 1. The van der Waals surface area contributed by atoms with Crippen molar-refractivity contribution in [1.82, 2.24) is 4.98 Å². The van der Waals surface area contributed by atoms with E-state index in [-0.39, 0.29) is 5.15 Å². The molecular formula is C14H15ClN2O2S2. The summed E-state index contributed by atoms with van der Waals surface area (Å²) in [4.78, 5) is 17.1. The molecule has 7 heteroatoms. The topological polar surface area (TPSA) is 51.2 Å². The number of thiazole rings is 1. The van der Waals surface area contributed by atoms with E-state index in [4.69, 9.17) is 11.6 Å². The number of anilines is 1. The van der Waals surface area contributed by atoms with E-state index >= 15 is 0 Å². The number of methoxy groups -OCH3 is 1. The van der Waals surface area contributed by atoms with Gasteiger partial charge in [0.25, 0.3) is 0 Å². The van der Waals surface area contributed by atoms with Gasteiger partial charge in [-0.3, -0.25) is 0 Å². The van der Waals surface area contributed by atoms with Crippen molar-refractivity contribution in [3.05, 3.63) is 40.4 Å². The van der Waals surface area contributed by atoms with E-state index in [1.165, 1.54) is 23.3 Å². The number of aromatic nitrogens is 1. The molecule has 2 rings (SSSR count). The molecule has 0 bridgehead atoms. The number of benzene rings is 1. The smallest absolute Gasteiger partial charge is 0.351 e. The van der Waals surface area contributed by atoms with Crippen molar-refractivity contribution >= 4 is 45.8 Å². The normalized spacial score (nSPS) is 12.0. The molecule has 1 N–H and O–H groups in total. The van der Waals surface area contributed by atoms with Gasteiger partial charge in [0.15, 0.2) is 15.2 Å². The van der Waals surface area contributed by atoms with E-state index in [0.717, 1.165) is 6.54 Å². The zero-order chi connectivity index (χ0) is 15.2. The number of hydrogen-bond donors (Lipinski definition) is 1. The third-order valence-corrected chi connectivity index (χ3v) is 5.07. The molecule has 1 aromatic heterocycles. The Morgan fingerprint density at radius 3 is 2.86 bits per heavy atom. The first-order valence-electron chi connectivity index (χ1n) is 6.30. The second-order valence-electron chi connectivity index (χ2n) is 4.25. The van der Waals surface area contributed by atoms with E-state index in [2.05, 4.69) is 34.1 Å². The summed E-state index contributed by atoms with van der Waals surface area (Å²) in [5.41, 5.74) is 0. The molecule has 0 fully saturated rings. The van der Waals surface area contributed by atoms with Crippen molar-refractivity contribution in [2.75, 3.05) is 19.0 Å². The summed E-state index contributed by atoms with van der Waals surface area (Å²) in [7, 11) is 1.32. The van der Waals surface area contributed by atoms with Crippen LogP contribution in [0.1, 0.15) is 16.6 Å². The molecule has 112 valence electrons. The number of ether oxygens (including phenoxy) is 1. The summed E-state index contributed by atoms with van der Waals surface area (Å²) in [5, 5.41) is 4.36. The Bertz CT molecular complexity index is 604. The van der Waals surface area contributed by atoms with Crippen LogP contribution in [-0.4, -0.2) is 29.9 Å².